The molecular formula is C22H14N4O10. The number of ketones is 1. The molecule has 0 aromatic heterocycles. The van der Waals surface area contributed by atoms with Gasteiger partial charge in [-0.15, -0.1) is 0 Å². The number of ether oxygens (including phenoxy) is 1. The molecule has 1 amide bonds. The Morgan fingerprint density at radius 2 is 1.39 bits per heavy atom. The largest absolute Gasteiger partial charge is 0.454 e. The van der Waals surface area contributed by atoms with Crippen molar-refractivity contribution in [1.29, 1.82) is 0 Å². The maximum atomic E-state index is 12.6. The second kappa shape index (κ2) is 10.6. The van der Waals surface area contributed by atoms with E-state index in [-0.39, 0.29) is 22.5 Å². The molecule has 0 spiro atoms. The lowest BCUT2D eigenvalue weighted by Crippen LogP contribution is -2.16. The van der Waals surface area contributed by atoms with Crippen LogP contribution in [0.3, 0.4) is 0 Å². The third kappa shape index (κ3) is 5.88. The SMILES string of the molecule is O=C(COC(=O)c1cccc(NC(=O)c2ccc([N+](=O)[O-])cc2[N+](=O)[O-])c1)c1cccc([N+](=O)[O-])c1. The molecule has 3 aromatic carbocycles. The molecule has 0 aliphatic rings. The number of nitro groups is 3. The summed E-state index contributed by atoms with van der Waals surface area (Å²) in [6.45, 7) is -0.703. The predicted molar refractivity (Wildman–Crippen MR) is 122 cm³/mol. The van der Waals surface area contributed by atoms with Crippen LogP contribution >= 0.6 is 0 Å². The first kappa shape index (κ1) is 25.1. The van der Waals surface area contributed by atoms with Gasteiger partial charge in [0.15, 0.2) is 6.61 Å². The van der Waals surface area contributed by atoms with E-state index in [4.69, 9.17) is 4.74 Å². The van der Waals surface area contributed by atoms with E-state index in [1.54, 1.807) is 0 Å². The highest BCUT2D eigenvalue weighted by Gasteiger charge is 2.24. The van der Waals surface area contributed by atoms with Crippen LogP contribution in [0.15, 0.2) is 66.7 Å². The van der Waals surface area contributed by atoms with Gasteiger partial charge in [0, 0.05) is 29.4 Å². The summed E-state index contributed by atoms with van der Waals surface area (Å²) in [6.07, 6.45) is 0. The zero-order valence-electron chi connectivity index (χ0n) is 18.0. The fourth-order valence-electron chi connectivity index (χ4n) is 2.99. The van der Waals surface area contributed by atoms with Gasteiger partial charge in [-0.2, -0.15) is 0 Å². The molecular weight excluding hydrogens is 480 g/mol. The molecule has 14 heteroatoms. The third-order valence-electron chi connectivity index (χ3n) is 4.70. The number of hydrogen-bond acceptors (Lipinski definition) is 10. The minimum Gasteiger partial charge on any atom is -0.454 e. The highest BCUT2D eigenvalue weighted by atomic mass is 16.6. The number of carbonyl (C=O) groups excluding carboxylic acids is 3. The minimum absolute atomic E-state index is 0.0253. The van der Waals surface area contributed by atoms with Crippen molar-refractivity contribution >= 4 is 40.4 Å². The average molecular weight is 494 g/mol. The minimum atomic E-state index is -0.956. The summed E-state index contributed by atoms with van der Waals surface area (Å²) in [5, 5.41) is 35.3. The van der Waals surface area contributed by atoms with E-state index >= 15 is 0 Å². The van der Waals surface area contributed by atoms with E-state index in [2.05, 4.69) is 5.32 Å². The quantitative estimate of drug-likeness (QED) is 0.198. The molecule has 0 unspecified atom stereocenters. The van der Waals surface area contributed by atoms with Crippen LogP contribution in [0.2, 0.25) is 0 Å². The summed E-state index contributed by atoms with van der Waals surface area (Å²) in [4.78, 5) is 67.6. The molecule has 0 fully saturated rings. The summed E-state index contributed by atoms with van der Waals surface area (Å²) in [7, 11) is 0. The Kier molecular flexibility index (Phi) is 7.39. The van der Waals surface area contributed by atoms with Crippen molar-refractivity contribution in [2.45, 2.75) is 0 Å². The zero-order valence-corrected chi connectivity index (χ0v) is 18.0. The van der Waals surface area contributed by atoms with E-state index in [9.17, 15) is 44.7 Å². The predicted octanol–water partition coefficient (Wildman–Crippen LogP) is 3.70. The molecule has 3 rings (SSSR count). The monoisotopic (exact) mass is 494 g/mol. The van der Waals surface area contributed by atoms with Crippen LogP contribution in [-0.2, 0) is 4.74 Å². The fourth-order valence-corrected chi connectivity index (χ4v) is 2.99. The standard InChI is InChI=1S/C22H14N4O10/c27-20(13-3-2-6-16(10-13)24(30)31)12-36-22(29)14-4-1-5-15(9-14)23-21(28)18-8-7-17(25(32)33)11-19(18)26(34)35/h1-11H,12H2,(H,23,28). The van der Waals surface area contributed by atoms with Gasteiger partial charge in [0.1, 0.15) is 5.56 Å². The van der Waals surface area contributed by atoms with E-state index in [0.717, 1.165) is 18.2 Å². The topological polar surface area (TPSA) is 202 Å². The van der Waals surface area contributed by atoms with Crippen molar-refractivity contribution in [2.75, 3.05) is 11.9 Å². The summed E-state index contributed by atoms with van der Waals surface area (Å²) in [6, 6.07) is 12.7. The van der Waals surface area contributed by atoms with Gasteiger partial charge in [-0.25, -0.2) is 4.79 Å². The maximum Gasteiger partial charge on any atom is 0.338 e. The number of non-ortho nitro benzene ring substituents is 2. The van der Waals surface area contributed by atoms with Gasteiger partial charge < -0.3 is 10.1 Å². The molecule has 3 aromatic rings. The molecule has 1 N–H and O–H groups in total. The number of nitro benzene ring substituents is 3. The lowest BCUT2D eigenvalue weighted by molar-refractivity contribution is -0.394. The Labute approximate surface area is 200 Å². The number of nitrogens with zero attached hydrogens (tertiary/aromatic N) is 3. The lowest BCUT2D eigenvalue weighted by atomic mass is 10.1. The first-order valence-electron chi connectivity index (χ1n) is 9.86. The van der Waals surface area contributed by atoms with Gasteiger partial charge in [0.25, 0.3) is 23.0 Å². The van der Waals surface area contributed by atoms with Crippen LogP contribution in [0, 0.1) is 30.3 Å². The van der Waals surface area contributed by atoms with Crippen LogP contribution in [0.25, 0.3) is 0 Å². The van der Waals surface area contributed by atoms with Crippen molar-refractivity contribution in [3.8, 4) is 0 Å². The van der Waals surface area contributed by atoms with Gasteiger partial charge in [0.2, 0.25) is 5.78 Å². The Hall–Kier alpha value is -5.53. The molecule has 0 heterocycles. The van der Waals surface area contributed by atoms with Crippen molar-refractivity contribution < 1.29 is 33.9 Å². The number of Topliss-reactive ketones (excluding diaryl/α,β-unsaturated/α-hetero) is 1. The first-order valence-corrected chi connectivity index (χ1v) is 9.86. The normalized spacial score (nSPS) is 10.2. The number of carbonyl (C=O) groups is 3. The van der Waals surface area contributed by atoms with Gasteiger partial charge in [-0.1, -0.05) is 18.2 Å². The van der Waals surface area contributed by atoms with E-state index < -0.39 is 56.0 Å². The molecule has 0 aliphatic carbocycles. The average Bonchev–Trinajstić information content (AvgIpc) is 2.86. The molecule has 0 aliphatic heterocycles. The number of hydrogen-bond donors (Lipinski definition) is 1. The number of benzene rings is 3. The Balaban J connectivity index is 1.70. The summed E-state index contributed by atoms with van der Waals surface area (Å²) < 4.78 is 4.95. The summed E-state index contributed by atoms with van der Waals surface area (Å²) in [5.74, 6) is -2.57. The van der Waals surface area contributed by atoms with Crippen LogP contribution in [0.4, 0.5) is 22.7 Å². The third-order valence-corrected chi connectivity index (χ3v) is 4.70. The van der Waals surface area contributed by atoms with Crippen molar-refractivity contribution in [3.63, 3.8) is 0 Å². The maximum absolute atomic E-state index is 12.6. The van der Waals surface area contributed by atoms with Crippen molar-refractivity contribution in [2.24, 2.45) is 0 Å². The molecule has 182 valence electrons. The molecule has 0 bridgehead atoms. The second-order valence-corrected chi connectivity index (χ2v) is 7.06. The highest BCUT2D eigenvalue weighted by molar-refractivity contribution is 6.07. The summed E-state index contributed by atoms with van der Waals surface area (Å²) >= 11 is 0. The molecule has 36 heavy (non-hydrogen) atoms. The summed E-state index contributed by atoms with van der Waals surface area (Å²) in [5.41, 5.74) is -2.14. The Bertz CT molecular complexity index is 1420. The Morgan fingerprint density at radius 3 is 2.06 bits per heavy atom. The number of anilines is 1. The first-order chi connectivity index (χ1) is 17.1. The molecule has 14 nitrogen and oxygen atoms in total. The van der Waals surface area contributed by atoms with Crippen molar-refractivity contribution in [3.05, 3.63) is 114 Å². The number of esters is 1. The number of rotatable bonds is 9. The number of nitrogens with one attached hydrogen (secondary N) is 1. The van der Waals surface area contributed by atoms with Gasteiger partial charge >= 0.3 is 5.97 Å². The van der Waals surface area contributed by atoms with E-state index in [1.807, 2.05) is 0 Å². The van der Waals surface area contributed by atoms with E-state index in [0.29, 0.717) is 6.07 Å². The van der Waals surface area contributed by atoms with Crippen LogP contribution in [0.1, 0.15) is 31.1 Å². The molecule has 0 atom stereocenters. The highest BCUT2D eigenvalue weighted by Crippen LogP contribution is 2.26. The van der Waals surface area contributed by atoms with Gasteiger partial charge in [-0.05, 0) is 24.3 Å². The molecule has 0 radical (unpaired) electrons. The van der Waals surface area contributed by atoms with Crippen molar-refractivity contribution in [1.82, 2.24) is 0 Å². The van der Waals surface area contributed by atoms with Gasteiger partial charge in [0.05, 0.1) is 26.4 Å². The second-order valence-electron chi connectivity index (χ2n) is 7.06. The fraction of sp³-hybridized carbons (Fsp3) is 0.0455. The molecule has 0 saturated carbocycles. The van der Waals surface area contributed by atoms with Gasteiger partial charge in [-0.3, -0.25) is 39.9 Å². The van der Waals surface area contributed by atoms with E-state index in [1.165, 1.54) is 42.5 Å². The van der Waals surface area contributed by atoms with Crippen LogP contribution < -0.4 is 5.32 Å². The molecule has 0 saturated heterocycles. The van der Waals surface area contributed by atoms with Crippen LogP contribution in [0.5, 0.6) is 0 Å². The van der Waals surface area contributed by atoms with Crippen LogP contribution in [-0.4, -0.2) is 39.0 Å². The zero-order chi connectivity index (χ0) is 26.4. The smallest absolute Gasteiger partial charge is 0.338 e. The Morgan fingerprint density at radius 1 is 0.750 bits per heavy atom. The lowest BCUT2D eigenvalue weighted by Gasteiger charge is -2.08. The number of amides is 1.